The fraction of sp³-hybridized carbons (Fsp3) is 0.429. The van der Waals surface area contributed by atoms with Crippen LogP contribution in [0.4, 0.5) is 0 Å². The normalized spacial score (nSPS) is 23.0. The van der Waals surface area contributed by atoms with Crippen LogP contribution in [0.3, 0.4) is 0 Å². The average molecular weight is 276 g/mol. The predicted molar refractivity (Wildman–Crippen MR) is 75.3 cm³/mol. The number of fused-ring (bicyclic) bond motifs is 1. The van der Waals surface area contributed by atoms with Gasteiger partial charge < -0.3 is 10.5 Å². The van der Waals surface area contributed by atoms with Crippen LogP contribution in [0.25, 0.3) is 10.2 Å². The van der Waals surface area contributed by atoms with Crippen LogP contribution in [-0.2, 0) is 16.0 Å². The standard InChI is InChI=1S/C14H16N2O2S/c15-8-9-5-6-12(18-9)11(17)7-14-16-10-3-1-2-4-13(10)19-14/h1-4,9,12H,5-8,15H2. The SMILES string of the molecule is NCC1CCC(C(=O)Cc2nc3ccccc3s2)O1. The van der Waals surface area contributed by atoms with Crippen molar-refractivity contribution in [1.82, 2.24) is 4.98 Å². The van der Waals surface area contributed by atoms with Crippen molar-refractivity contribution in [2.75, 3.05) is 6.54 Å². The zero-order valence-electron chi connectivity index (χ0n) is 10.5. The minimum atomic E-state index is -0.291. The van der Waals surface area contributed by atoms with E-state index in [1.165, 1.54) is 0 Å². The maximum absolute atomic E-state index is 12.2. The largest absolute Gasteiger partial charge is 0.366 e. The van der Waals surface area contributed by atoms with Gasteiger partial charge in [-0.2, -0.15) is 0 Å². The number of ether oxygens (including phenoxy) is 1. The molecule has 3 rings (SSSR count). The van der Waals surface area contributed by atoms with Gasteiger partial charge in [-0.15, -0.1) is 11.3 Å². The Morgan fingerprint density at radius 1 is 1.42 bits per heavy atom. The van der Waals surface area contributed by atoms with Crippen molar-refractivity contribution < 1.29 is 9.53 Å². The second-order valence-corrected chi connectivity index (χ2v) is 5.89. The smallest absolute Gasteiger partial charge is 0.168 e. The van der Waals surface area contributed by atoms with E-state index in [0.717, 1.165) is 28.1 Å². The fourth-order valence-corrected chi connectivity index (χ4v) is 3.35. The van der Waals surface area contributed by atoms with Gasteiger partial charge in [0.1, 0.15) is 11.1 Å². The lowest BCUT2D eigenvalue weighted by Gasteiger charge is -2.10. The number of para-hydroxylation sites is 1. The molecule has 0 spiro atoms. The van der Waals surface area contributed by atoms with E-state index in [0.29, 0.717) is 13.0 Å². The summed E-state index contributed by atoms with van der Waals surface area (Å²) in [6.45, 7) is 0.491. The molecule has 0 amide bonds. The topological polar surface area (TPSA) is 65.2 Å². The molecule has 1 aromatic heterocycles. The van der Waals surface area contributed by atoms with Gasteiger partial charge >= 0.3 is 0 Å². The number of rotatable bonds is 4. The van der Waals surface area contributed by atoms with Crippen molar-refractivity contribution in [3.63, 3.8) is 0 Å². The highest BCUT2D eigenvalue weighted by molar-refractivity contribution is 7.18. The van der Waals surface area contributed by atoms with Crippen LogP contribution in [0.15, 0.2) is 24.3 Å². The van der Waals surface area contributed by atoms with Crippen LogP contribution in [-0.4, -0.2) is 29.5 Å². The van der Waals surface area contributed by atoms with E-state index in [1.54, 1.807) is 11.3 Å². The second kappa shape index (κ2) is 5.36. The summed E-state index contributed by atoms with van der Waals surface area (Å²) in [5.74, 6) is 0.120. The molecular weight excluding hydrogens is 260 g/mol. The van der Waals surface area contributed by atoms with Crippen LogP contribution < -0.4 is 5.73 Å². The predicted octanol–water partition coefficient (Wildman–Crippen LogP) is 1.91. The van der Waals surface area contributed by atoms with Crippen LogP contribution in [0.2, 0.25) is 0 Å². The first kappa shape index (κ1) is 12.7. The second-order valence-electron chi connectivity index (χ2n) is 4.78. The quantitative estimate of drug-likeness (QED) is 0.926. The number of carbonyl (C=O) groups is 1. The molecule has 1 saturated heterocycles. The molecule has 19 heavy (non-hydrogen) atoms. The number of aromatic nitrogens is 1. The molecule has 1 aliphatic heterocycles. The molecule has 1 aliphatic rings. The Bertz CT molecular complexity index is 563. The van der Waals surface area contributed by atoms with Crippen LogP contribution in [0.5, 0.6) is 0 Å². The van der Waals surface area contributed by atoms with E-state index in [1.807, 2.05) is 24.3 Å². The van der Waals surface area contributed by atoms with E-state index in [2.05, 4.69) is 4.98 Å². The highest BCUT2D eigenvalue weighted by Gasteiger charge is 2.30. The van der Waals surface area contributed by atoms with Gasteiger partial charge in [0.15, 0.2) is 5.78 Å². The number of hydrogen-bond donors (Lipinski definition) is 1. The summed E-state index contributed by atoms with van der Waals surface area (Å²) in [4.78, 5) is 16.6. The summed E-state index contributed by atoms with van der Waals surface area (Å²) in [6, 6.07) is 7.94. The van der Waals surface area contributed by atoms with E-state index in [-0.39, 0.29) is 18.0 Å². The molecule has 2 atom stereocenters. The van der Waals surface area contributed by atoms with Gasteiger partial charge in [0, 0.05) is 6.54 Å². The number of hydrogen-bond acceptors (Lipinski definition) is 5. The summed E-state index contributed by atoms with van der Waals surface area (Å²) >= 11 is 1.58. The van der Waals surface area contributed by atoms with Crippen LogP contribution in [0, 0.1) is 0 Å². The van der Waals surface area contributed by atoms with Crippen LogP contribution >= 0.6 is 11.3 Å². The van der Waals surface area contributed by atoms with Gasteiger partial charge in [-0.05, 0) is 25.0 Å². The van der Waals surface area contributed by atoms with E-state index in [4.69, 9.17) is 10.5 Å². The summed E-state index contributed by atoms with van der Waals surface area (Å²) in [5.41, 5.74) is 6.51. The van der Waals surface area contributed by atoms with Crippen molar-refractivity contribution >= 4 is 27.3 Å². The molecule has 1 fully saturated rings. The van der Waals surface area contributed by atoms with E-state index < -0.39 is 0 Å². The molecule has 0 saturated carbocycles. The Kier molecular flexibility index (Phi) is 3.59. The van der Waals surface area contributed by atoms with Crippen molar-refractivity contribution in [2.24, 2.45) is 5.73 Å². The van der Waals surface area contributed by atoms with E-state index in [9.17, 15) is 4.79 Å². The molecule has 2 N–H and O–H groups in total. The lowest BCUT2D eigenvalue weighted by molar-refractivity contribution is -0.128. The Morgan fingerprint density at radius 2 is 2.26 bits per heavy atom. The van der Waals surface area contributed by atoms with Gasteiger partial charge in [0.05, 0.1) is 22.7 Å². The summed E-state index contributed by atoms with van der Waals surface area (Å²) in [7, 11) is 0. The van der Waals surface area contributed by atoms with E-state index >= 15 is 0 Å². The lowest BCUT2D eigenvalue weighted by Crippen LogP contribution is -2.26. The third kappa shape index (κ3) is 2.68. The Labute approximate surface area is 115 Å². The van der Waals surface area contributed by atoms with Crippen molar-refractivity contribution in [3.8, 4) is 0 Å². The number of carbonyl (C=O) groups excluding carboxylic acids is 1. The first-order chi connectivity index (χ1) is 9.26. The third-order valence-corrected chi connectivity index (χ3v) is 4.43. The third-order valence-electron chi connectivity index (χ3n) is 3.39. The van der Waals surface area contributed by atoms with Crippen molar-refractivity contribution in [2.45, 2.75) is 31.5 Å². The number of benzene rings is 1. The minimum Gasteiger partial charge on any atom is -0.366 e. The number of Topliss-reactive ketones (excluding diaryl/α,β-unsaturated/α-hetero) is 1. The number of ketones is 1. The minimum absolute atomic E-state index is 0.0457. The maximum atomic E-state index is 12.2. The monoisotopic (exact) mass is 276 g/mol. The van der Waals surface area contributed by atoms with Crippen molar-refractivity contribution in [1.29, 1.82) is 0 Å². The molecule has 2 heterocycles. The first-order valence-corrected chi connectivity index (χ1v) is 7.30. The number of thiazole rings is 1. The molecular formula is C14H16N2O2S. The molecule has 1 aromatic carbocycles. The molecule has 0 bridgehead atoms. The molecule has 2 unspecified atom stereocenters. The van der Waals surface area contributed by atoms with Crippen LogP contribution in [0.1, 0.15) is 17.8 Å². The maximum Gasteiger partial charge on any atom is 0.168 e. The highest BCUT2D eigenvalue weighted by Crippen LogP contribution is 2.25. The summed E-state index contributed by atoms with van der Waals surface area (Å²) in [6.07, 6.45) is 1.78. The molecule has 4 nitrogen and oxygen atoms in total. The average Bonchev–Trinajstić information content (AvgIpc) is 3.04. The Balaban J connectivity index is 1.69. The van der Waals surface area contributed by atoms with Gasteiger partial charge in [0.25, 0.3) is 0 Å². The molecule has 2 aromatic rings. The molecule has 0 radical (unpaired) electrons. The lowest BCUT2D eigenvalue weighted by atomic mass is 10.1. The van der Waals surface area contributed by atoms with Gasteiger partial charge in [-0.25, -0.2) is 4.98 Å². The number of nitrogens with zero attached hydrogens (tertiary/aromatic N) is 1. The summed E-state index contributed by atoms with van der Waals surface area (Å²) in [5, 5.41) is 0.867. The molecule has 0 aliphatic carbocycles. The first-order valence-electron chi connectivity index (χ1n) is 6.49. The Morgan fingerprint density at radius 3 is 3.00 bits per heavy atom. The molecule has 100 valence electrons. The zero-order chi connectivity index (χ0) is 13.2. The summed E-state index contributed by atoms with van der Waals surface area (Å²) < 4.78 is 6.74. The van der Waals surface area contributed by atoms with Gasteiger partial charge in [0.2, 0.25) is 0 Å². The van der Waals surface area contributed by atoms with Gasteiger partial charge in [-0.3, -0.25) is 4.79 Å². The zero-order valence-corrected chi connectivity index (χ0v) is 11.4. The fourth-order valence-electron chi connectivity index (χ4n) is 2.37. The molecule has 5 heteroatoms. The van der Waals surface area contributed by atoms with Gasteiger partial charge in [-0.1, -0.05) is 12.1 Å². The highest BCUT2D eigenvalue weighted by atomic mass is 32.1. The van der Waals surface area contributed by atoms with Crippen molar-refractivity contribution in [3.05, 3.63) is 29.3 Å². The number of nitrogens with two attached hydrogens (primary N) is 1. The Hall–Kier alpha value is -1.30.